The number of hydrogen-bond donors (Lipinski definition) is 2. The van der Waals surface area contributed by atoms with Crippen molar-refractivity contribution in [2.75, 3.05) is 19.4 Å². The second kappa shape index (κ2) is 8.90. The molecule has 0 spiro atoms. The van der Waals surface area contributed by atoms with E-state index in [0.717, 1.165) is 5.56 Å². The van der Waals surface area contributed by atoms with Gasteiger partial charge in [0.1, 0.15) is 0 Å². The number of carbonyl (C=O) groups is 2. The van der Waals surface area contributed by atoms with Gasteiger partial charge >= 0.3 is 0 Å². The molecule has 0 atom stereocenters. The molecule has 33 heavy (non-hydrogen) atoms. The first-order chi connectivity index (χ1) is 15.4. The van der Waals surface area contributed by atoms with Crippen molar-refractivity contribution in [3.8, 4) is 11.4 Å². The molecule has 0 bridgehead atoms. The fraction of sp³-hybridized carbons (Fsp3) is 0.280. The van der Waals surface area contributed by atoms with Crippen LogP contribution in [0.5, 0.6) is 5.75 Å². The van der Waals surface area contributed by atoms with E-state index < -0.39 is 11.8 Å². The number of aryl methyl sites for hydroxylation is 1. The zero-order valence-electron chi connectivity index (χ0n) is 19.6. The molecular weight excluding hydrogens is 420 g/mol. The molecule has 0 fully saturated rings. The quantitative estimate of drug-likeness (QED) is 0.595. The maximum Gasteiger partial charge on any atom is 0.276 e. The molecule has 0 saturated heterocycles. The molecule has 0 aliphatic carbocycles. The average molecular weight is 449 g/mol. The van der Waals surface area contributed by atoms with Gasteiger partial charge in [0.25, 0.3) is 17.4 Å². The summed E-state index contributed by atoms with van der Waals surface area (Å²) in [5.41, 5.74) is 1.77. The number of phenolic OH excluding ortho intramolecular Hbond substituents is 1. The van der Waals surface area contributed by atoms with E-state index in [2.05, 4.69) is 31.2 Å². The van der Waals surface area contributed by atoms with E-state index in [1.807, 2.05) is 12.1 Å². The Morgan fingerprint density at radius 1 is 1.06 bits per heavy atom. The Morgan fingerprint density at radius 3 is 2.27 bits per heavy atom. The molecule has 1 aromatic heterocycles. The van der Waals surface area contributed by atoms with Gasteiger partial charge in [-0.1, -0.05) is 39.0 Å². The third-order valence-corrected chi connectivity index (χ3v) is 5.24. The molecule has 172 valence electrons. The summed E-state index contributed by atoms with van der Waals surface area (Å²) in [4.78, 5) is 39.1. The van der Waals surface area contributed by atoms with E-state index in [4.69, 9.17) is 0 Å². The minimum atomic E-state index is -0.614. The molecule has 0 radical (unpaired) electrons. The van der Waals surface area contributed by atoms with E-state index in [9.17, 15) is 19.5 Å². The van der Waals surface area contributed by atoms with Gasteiger partial charge in [0.15, 0.2) is 11.4 Å². The molecule has 0 unspecified atom stereocenters. The summed E-state index contributed by atoms with van der Waals surface area (Å²) in [6, 6.07) is 13.3. The summed E-state index contributed by atoms with van der Waals surface area (Å²) in [5, 5.41) is 17.4. The summed E-state index contributed by atoms with van der Waals surface area (Å²) in [7, 11) is 3.13. The zero-order chi connectivity index (χ0) is 24.5. The van der Waals surface area contributed by atoms with Crippen molar-refractivity contribution in [1.82, 2.24) is 14.7 Å². The number of hydrogen-bond acceptors (Lipinski definition) is 5. The van der Waals surface area contributed by atoms with Crippen LogP contribution in [0, 0.1) is 6.92 Å². The number of nitrogens with zero attached hydrogens (tertiary/aromatic N) is 3. The van der Waals surface area contributed by atoms with Crippen LogP contribution in [-0.4, -0.2) is 45.7 Å². The van der Waals surface area contributed by atoms with Crippen LogP contribution in [0.3, 0.4) is 0 Å². The summed E-state index contributed by atoms with van der Waals surface area (Å²) < 4.78 is 1.17. The second-order valence-corrected chi connectivity index (χ2v) is 9.08. The Morgan fingerprint density at radius 2 is 1.70 bits per heavy atom. The Hall–Kier alpha value is -3.94. The van der Waals surface area contributed by atoms with Gasteiger partial charge < -0.3 is 15.3 Å². The van der Waals surface area contributed by atoms with Crippen molar-refractivity contribution in [2.45, 2.75) is 33.1 Å². The summed E-state index contributed by atoms with van der Waals surface area (Å²) in [5.74, 6) is -1.35. The number of amides is 2. The smallest absolute Gasteiger partial charge is 0.276 e. The Bertz CT molecular complexity index is 1270. The summed E-state index contributed by atoms with van der Waals surface area (Å²) in [6.45, 7) is 7.90. The molecule has 2 aromatic carbocycles. The minimum Gasteiger partial charge on any atom is -0.505 e. The minimum absolute atomic E-state index is 0.0261. The van der Waals surface area contributed by atoms with Gasteiger partial charge in [-0.05, 0) is 47.7 Å². The van der Waals surface area contributed by atoms with Gasteiger partial charge in [0.05, 0.1) is 16.9 Å². The highest BCUT2D eigenvalue weighted by molar-refractivity contribution is 6.06. The monoisotopic (exact) mass is 448 g/mol. The van der Waals surface area contributed by atoms with E-state index in [1.165, 1.54) is 27.8 Å². The number of para-hydroxylation sites is 1. The van der Waals surface area contributed by atoms with Gasteiger partial charge in [0.2, 0.25) is 0 Å². The standard InChI is InChI=1S/C25H28N4O4/c1-15-14-20(30)29(17-12-10-16(11-13-17)25(2,3)4)27-21(15)23(32)26-19-9-7-8-18(22(19)31)24(33)28(5)6/h7-14,31H,1-6H3,(H,26,32). The number of benzene rings is 2. The predicted molar refractivity (Wildman–Crippen MR) is 127 cm³/mol. The number of aromatic nitrogens is 2. The van der Waals surface area contributed by atoms with E-state index in [-0.39, 0.29) is 33.7 Å². The Balaban J connectivity index is 1.96. The molecule has 1 heterocycles. The van der Waals surface area contributed by atoms with Crippen molar-refractivity contribution < 1.29 is 14.7 Å². The lowest BCUT2D eigenvalue weighted by Crippen LogP contribution is -2.27. The van der Waals surface area contributed by atoms with Crippen LogP contribution in [0.25, 0.3) is 5.69 Å². The van der Waals surface area contributed by atoms with E-state index in [0.29, 0.717) is 11.3 Å². The molecule has 0 aliphatic rings. The highest BCUT2D eigenvalue weighted by atomic mass is 16.3. The maximum absolute atomic E-state index is 13.0. The third-order valence-electron chi connectivity index (χ3n) is 5.24. The van der Waals surface area contributed by atoms with Crippen LogP contribution < -0.4 is 10.9 Å². The molecule has 0 aliphatic heterocycles. The van der Waals surface area contributed by atoms with Gasteiger partial charge in [-0.25, -0.2) is 0 Å². The van der Waals surface area contributed by atoms with Crippen molar-refractivity contribution in [3.05, 3.63) is 81.3 Å². The molecule has 8 nitrogen and oxygen atoms in total. The number of rotatable bonds is 4. The highest BCUT2D eigenvalue weighted by Crippen LogP contribution is 2.29. The van der Waals surface area contributed by atoms with Crippen molar-refractivity contribution in [3.63, 3.8) is 0 Å². The Kier molecular flexibility index (Phi) is 6.39. The lowest BCUT2D eigenvalue weighted by molar-refractivity contribution is 0.0824. The van der Waals surface area contributed by atoms with Gasteiger partial charge in [0, 0.05) is 20.2 Å². The molecule has 2 amide bonds. The normalized spacial score (nSPS) is 11.2. The lowest BCUT2D eigenvalue weighted by Gasteiger charge is -2.19. The Labute approximate surface area is 192 Å². The molecule has 3 aromatic rings. The van der Waals surface area contributed by atoms with Crippen molar-refractivity contribution in [2.24, 2.45) is 0 Å². The maximum atomic E-state index is 13.0. The third kappa shape index (κ3) is 4.95. The molecule has 3 rings (SSSR count). The van der Waals surface area contributed by atoms with Crippen LogP contribution in [-0.2, 0) is 5.41 Å². The topological polar surface area (TPSA) is 105 Å². The molecule has 8 heteroatoms. The van der Waals surface area contributed by atoms with Crippen LogP contribution in [0.2, 0.25) is 0 Å². The summed E-state index contributed by atoms with van der Waals surface area (Å²) in [6.07, 6.45) is 0. The van der Waals surface area contributed by atoms with Gasteiger partial charge in [-0.3, -0.25) is 14.4 Å². The lowest BCUT2D eigenvalue weighted by atomic mass is 9.87. The highest BCUT2D eigenvalue weighted by Gasteiger charge is 2.20. The zero-order valence-corrected chi connectivity index (χ0v) is 19.6. The molecule has 0 saturated carbocycles. The van der Waals surface area contributed by atoms with Crippen LogP contribution in [0.15, 0.2) is 53.3 Å². The van der Waals surface area contributed by atoms with Crippen LogP contribution in [0.4, 0.5) is 5.69 Å². The van der Waals surface area contributed by atoms with Crippen molar-refractivity contribution in [1.29, 1.82) is 0 Å². The average Bonchev–Trinajstić information content (AvgIpc) is 2.74. The second-order valence-electron chi connectivity index (χ2n) is 9.08. The number of phenols is 1. The molecule has 2 N–H and O–H groups in total. The first-order valence-corrected chi connectivity index (χ1v) is 10.5. The number of aromatic hydroxyl groups is 1. The number of carbonyl (C=O) groups excluding carboxylic acids is 2. The largest absolute Gasteiger partial charge is 0.505 e. The fourth-order valence-corrected chi connectivity index (χ4v) is 3.29. The van der Waals surface area contributed by atoms with E-state index in [1.54, 1.807) is 39.2 Å². The molecular formula is C25H28N4O4. The van der Waals surface area contributed by atoms with Crippen molar-refractivity contribution >= 4 is 17.5 Å². The van der Waals surface area contributed by atoms with E-state index >= 15 is 0 Å². The summed E-state index contributed by atoms with van der Waals surface area (Å²) >= 11 is 0. The predicted octanol–water partition coefficient (Wildman–Crippen LogP) is 3.50. The van der Waals surface area contributed by atoms with Crippen LogP contribution in [0.1, 0.15) is 52.7 Å². The first-order valence-electron chi connectivity index (χ1n) is 10.5. The van der Waals surface area contributed by atoms with Gasteiger partial charge in [-0.2, -0.15) is 9.78 Å². The van der Waals surface area contributed by atoms with Crippen LogP contribution >= 0.6 is 0 Å². The fourth-order valence-electron chi connectivity index (χ4n) is 3.29. The SMILES string of the molecule is Cc1cc(=O)n(-c2ccc(C(C)(C)C)cc2)nc1C(=O)Nc1cccc(C(=O)N(C)C)c1O. The number of nitrogens with one attached hydrogen (secondary N) is 1. The first kappa shape index (κ1) is 23.7. The number of anilines is 1. The van der Waals surface area contributed by atoms with Gasteiger partial charge in [-0.15, -0.1) is 0 Å².